The number of aromatic nitrogens is 1. The number of hydrogen-bond donors (Lipinski definition) is 1. The van der Waals surface area contributed by atoms with Crippen LogP contribution in [0.5, 0.6) is 0 Å². The van der Waals surface area contributed by atoms with Crippen LogP contribution in [0.2, 0.25) is 0 Å². The predicted molar refractivity (Wildman–Crippen MR) is 77.6 cm³/mol. The molecule has 1 aromatic heterocycles. The van der Waals surface area contributed by atoms with E-state index in [0.717, 1.165) is 18.8 Å². The minimum Gasteiger partial charge on any atom is -0.348 e. The van der Waals surface area contributed by atoms with Gasteiger partial charge in [-0.25, -0.2) is 0 Å². The maximum absolute atomic E-state index is 5.33. The van der Waals surface area contributed by atoms with Crippen LogP contribution in [-0.4, -0.2) is 34.3 Å². The number of hydrogen-bond acceptors (Lipinski definition) is 3. The van der Waals surface area contributed by atoms with Crippen molar-refractivity contribution in [2.45, 2.75) is 25.7 Å². The first-order valence-electron chi connectivity index (χ1n) is 6.35. The van der Waals surface area contributed by atoms with Crippen molar-refractivity contribution in [1.29, 1.82) is 0 Å². The van der Waals surface area contributed by atoms with E-state index in [4.69, 9.17) is 12.2 Å². The van der Waals surface area contributed by atoms with E-state index in [1.54, 1.807) is 12.4 Å². The van der Waals surface area contributed by atoms with E-state index in [2.05, 4.69) is 20.4 Å². The number of nitrogens with one attached hydrogen (secondary N) is 1. The highest BCUT2D eigenvalue weighted by Crippen LogP contribution is 2.09. The van der Waals surface area contributed by atoms with Crippen LogP contribution < -0.4 is 5.43 Å². The Morgan fingerprint density at radius 3 is 2.72 bits per heavy atom. The zero-order valence-corrected chi connectivity index (χ0v) is 11.2. The van der Waals surface area contributed by atoms with Gasteiger partial charge < -0.3 is 4.90 Å². The third kappa shape index (κ3) is 4.07. The molecular weight excluding hydrogens is 244 g/mol. The van der Waals surface area contributed by atoms with Crippen LogP contribution in [0.25, 0.3) is 0 Å². The van der Waals surface area contributed by atoms with E-state index in [0.29, 0.717) is 5.11 Å². The molecule has 0 aromatic carbocycles. The van der Waals surface area contributed by atoms with Gasteiger partial charge in [-0.2, -0.15) is 5.10 Å². The fourth-order valence-electron chi connectivity index (χ4n) is 1.95. The normalized spacial score (nSPS) is 16.6. The summed E-state index contributed by atoms with van der Waals surface area (Å²) in [5.41, 5.74) is 3.74. The number of likely N-dealkylation sites (tertiary alicyclic amines) is 1. The zero-order chi connectivity index (χ0) is 12.6. The van der Waals surface area contributed by atoms with E-state index < -0.39 is 0 Å². The molecule has 0 spiro atoms. The summed E-state index contributed by atoms with van der Waals surface area (Å²) in [5, 5.41) is 4.84. The van der Waals surface area contributed by atoms with Gasteiger partial charge in [0.15, 0.2) is 5.11 Å². The minimum atomic E-state index is 0.712. The van der Waals surface area contributed by atoms with Gasteiger partial charge in [-0.15, -0.1) is 0 Å². The molecular formula is C13H18N4S. The highest BCUT2D eigenvalue weighted by atomic mass is 32.1. The summed E-state index contributed by atoms with van der Waals surface area (Å²) in [4.78, 5) is 6.35. The summed E-state index contributed by atoms with van der Waals surface area (Å²) in [5.74, 6) is 0. The standard InChI is InChI=1S/C13H18N4S/c18-13(17-9-5-1-2-6-10-17)16-15-11-12-7-3-4-8-14-12/h3-4,7-8,11H,1-2,5-6,9-10H2,(H,16,18)/b15-11-. The maximum Gasteiger partial charge on any atom is 0.189 e. The van der Waals surface area contributed by atoms with Crippen molar-refractivity contribution >= 4 is 23.5 Å². The van der Waals surface area contributed by atoms with Crippen LogP contribution in [0.1, 0.15) is 31.4 Å². The molecule has 5 heteroatoms. The SMILES string of the molecule is S=C(N/N=C\c1ccccn1)N1CCCCCC1. The average molecular weight is 262 g/mol. The van der Waals surface area contributed by atoms with Crippen LogP contribution in [-0.2, 0) is 0 Å². The van der Waals surface area contributed by atoms with E-state index >= 15 is 0 Å². The highest BCUT2D eigenvalue weighted by molar-refractivity contribution is 7.80. The molecule has 18 heavy (non-hydrogen) atoms. The molecule has 2 rings (SSSR count). The molecule has 0 aliphatic carbocycles. The summed E-state index contributed by atoms with van der Waals surface area (Å²) in [6, 6.07) is 5.72. The Kier molecular flexibility index (Phi) is 5.08. The number of thiocarbonyl (C=S) groups is 1. The quantitative estimate of drug-likeness (QED) is 0.504. The van der Waals surface area contributed by atoms with E-state index in [-0.39, 0.29) is 0 Å². The third-order valence-electron chi connectivity index (χ3n) is 2.94. The lowest BCUT2D eigenvalue weighted by Crippen LogP contribution is -2.38. The molecule has 0 bridgehead atoms. The molecule has 4 nitrogen and oxygen atoms in total. The molecule has 1 aromatic rings. The number of nitrogens with zero attached hydrogens (tertiary/aromatic N) is 3. The molecule has 0 amide bonds. The molecule has 0 saturated carbocycles. The molecule has 0 atom stereocenters. The van der Waals surface area contributed by atoms with Gasteiger partial charge in [-0.1, -0.05) is 18.9 Å². The number of pyridine rings is 1. The van der Waals surface area contributed by atoms with Gasteiger partial charge >= 0.3 is 0 Å². The van der Waals surface area contributed by atoms with Crippen LogP contribution in [0.3, 0.4) is 0 Å². The fourth-order valence-corrected chi connectivity index (χ4v) is 2.19. The van der Waals surface area contributed by atoms with Gasteiger partial charge in [0.2, 0.25) is 0 Å². The monoisotopic (exact) mass is 262 g/mol. The Labute approximate surface area is 113 Å². The van der Waals surface area contributed by atoms with Crippen LogP contribution in [0.15, 0.2) is 29.5 Å². The van der Waals surface area contributed by atoms with E-state index in [1.165, 1.54) is 25.7 Å². The van der Waals surface area contributed by atoms with Crippen molar-refractivity contribution < 1.29 is 0 Å². The second kappa shape index (κ2) is 7.06. The Morgan fingerprint density at radius 2 is 2.06 bits per heavy atom. The van der Waals surface area contributed by atoms with Crippen LogP contribution >= 0.6 is 12.2 Å². The second-order valence-electron chi connectivity index (χ2n) is 4.33. The summed E-state index contributed by atoms with van der Waals surface area (Å²) in [6.07, 6.45) is 8.46. The van der Waals surface area contributed by atoms with Crippen molar-refractivity contribution in [2.24, 2.45) is 5.10 Å². The van der Waals surface area contributed by atoms with Gasteiger partial charge in [0.1, 0.15) is 0 Å². The number of hydrazone groups is 1. The first kappa shape index (κ1) is 13.0. The van der Waals surface area contributed by atoms with Crippen molar-refractivity contribution in [3.05, 3.63) is 30.1 Å². The lowest BCUT2D eigenvalue weighted by Gasteiger charge is -2.21. The third-order valence-corrected chi connectivity index (χ3v) is 3.29. The lowest BCUT2D eigenvalue weighted by molar-refractivity contribution is 0.428. The topological polar surface area (TPSA) is 40.5 Å². The molecule has 2 heterocycles. The second-order valence-corrected chi connectivity index (χ2v) is 4.72. The van der Waals surface area contributed by atoms with Gasteiger partial charge in [0, 0.05) is 19.3 Å². The average Bonchev–Trinajstić information content (AvgIpc) is 2.69. The van der Waals surface area contributed by atoms with E-state index in [1.807, 2.05) is 18.2 Å². The van der Waals surface area contributed by atoms with E-state index in [9.17, 15) is 0 Å². The largest absolute Gasteiger partial charge is 0.348 e. The minimum absolute atomic E-state index is 0.712. The van der Waals surface area contributed by atoms with Gasteiger partial charge in [-0.05, 0) is 37.2 Å². The van der Waals surface area contributed by atoms with Crippen molar-refractivity contribution in [3.8, 4) is 0 Å². The van der Waals surface area contributed by atoms with Gasteiger partial charge in [0.05, 0.1) is 11.9 Å². The summed E-state index contributed by atoms with van der Waals surface area (Å²) < 4.78 is 0. The van der Waals surface area contributed by atoms with Crippen molar-refractivity contribution in [3.63, 3.8) is 0 Å². The summed E-state index contributed by atoms with van der Waals surface area (Å²) >= 11 is 5.33. The lowest BCUT2D eigenvalue weighted by atomic mass is 10.2. The molecule has 96 valence electrons. The first-order valence-corrected chi connectivity index (χ1v) is 6.76. The Morgan fingerprint density at radius 1 is 1.28 bits per heavy atom. The maximum atomic E-state index is 5.33. The summed E-state index contributed by atoms with van der Waals surface area (Å²) in [7, 11) is 0. The predicted octanol–water partition coefficient (Wildman–Crippen LogP) is 2.17. The Balaban J connectivity index is 1.82. The van der Waals surface area contributed by atoms with Gasteiger partial charge in [0.25, 0.3) is 0 Å². The van der Waals surface area contributed by atoms with Crippen LogP contribution in [0, 0.1) is 0 Å². The molecule has 0 unspecified atom stereocenters. The zero-order valence-electron chi connectivity index (χ0n) is 10.4. The fraction of sp³-hybridized carbons (Fsp3) is 0.462. The Hall–Kier alpha value is -1.49. The molecule has 1 saturated heterocycles. The molecule has 1 aliphatic heterocycles. The van der Waals surface area contributed by atoms with Gasteiger partial charge in [-0.3, -0.25) is 10.4 Å². The highest BCUT2D eigenvalue weighted by Gasteiger charge is 2.11. The molecule has 1 N–H and O–H groups in total. The molecule has 0 radical (unpaired) electrons. The van der Waals surface area contributed by atoms with Crippen LogP contribution in [0.4, 0.5) is 0 Å². The smallest absolute Gasteiger partial charge is 0.189 e. The van der Waals surface area contributed by atoms with Crippen molar-refractivity contribution in [1.82, 2.24) is 15.3 Å². The molecule has 1 aliphatic rings. The Bertz CT molecular complexity index is 397. The van der Waals surface area contributed by atoms with Crippen molar-refractivity contribution in [2.75, 3.05) is 13.1 Å². The molecule has 1 fully saturated rings. The first-order chi connectivity index (χ1) is 8.86. The summed E-state index contributed by atoms with van der Waals surface area (Å²) in [6.45, 7) is 2.07. The number of rotatable bonds is 2.